The normalized spacial score (nSPS) is 15.4. The van der Waals surface area contributed by atoms with E-state index in [0.717, 1.165) is 21.7 Å². The van der Waals surface area contributed by atoms with Crippen LogP contribution in [0, 0.1) is 13.8 Å². The molecule has 0 N–H and O–H groups in total. The minimum Gasteiger partial charge on any atom is -0.348 e. The SMILES string of the molecule is Cc1cccc(C)c1Cc1csc(N2CCC(S(=O)(=O)c3ccc(Br)cc3Cl)CC2)n1. The number of anilines is 1. The summed E-state index contributed by atoms with van der Waals surface area (Å²) < 4.78 is 27.0. The second kappa shape index (κ2) is 9.22. The van der Waals surface area contributed by atoms with Crippen LogP contribution >= 0.6 is 38.9 Å². The van der Waals surface area contributed by atoms with E-state index in [2.05, 4.69) is 58.3 Å². The van der Waals surface area contributed by atoms with Crippen molar-refractivity contribution >= 4 is 53.8 Å². The number of thiazole rings is 1. The zero-order valence-corrected chi connectivity index (χ0v) is 21.4. The van der Waals surface area contributed by atoms with E-state index >= 15 is 0 Å². The lowest BCUT2D eigenvalue weighted by molar-refractivity contribution is 0.529. The number of hydrogen-bond acceptors (Lipinski definition) is 5. The monoisotopic (exact) mass is 538 g/mol. The fraction of sp³-hybridized carbons (Fsp3) is 0.348. The van der Waals surface area contributed by atoms with Crippen molar-refractivity contribution in [3.05, 3.63) is 73.7 Å². The quantitative estimate of drug-likeness (QED) is 0.387. The first-order valence-corrected chi connectivity index (χ1v) is 13.8. The molecule has 0 atom stereocenters. The molecule has 31 heavy (non-hydrogen) atoms. The maximum atomic E-state index is 13.1. The topological polar surface area (TPSA) is 50.3 Å². The van der Waals surface area contributed by atoms with Gasteiger partial charge in [0, 0.05) is 29.4 Å². The first kappa shape index (κ1) is 22.8. The Morgan fingerprint density at radius 1 is 1.16 bits per heavy atom. The Morgan fingerprint density at radius 2 is 1.84 bits per heavy atom. The highest BCUT2D eigenvalue weighted by Crippen LogP contribution is 2.33. The third-order valence-electron chi connectivity index (χ3n) is 5.89. The number of aromatic nitrogens is 1. The van der Waals surface area contributed by atoms with Crippen molar-refractivity contribution in [1.29, 1.82) is 0 Å². The summed E-state index contributed by atoms with van der Waals surface area (Å²) in [5.41, 5.74) is 4.96. The van der Waals surface area contributed by atoms with Crippen LogP contribution in [0.25, 0.3) is 0 Å². The summed E-state index contributed by atoms with van der Waals surface area (Å²) >= 11 is 11.2. The number of rotatable bonds is 5. The number of piperidine rings is 1. The van der Waals surface area contributed by atoms with Gasteiger partial charge in [0.25, 0.3) is 0 Å². The average molecular weight is 540 g/mol. The van der Waals surface area contributed by atoms with Gasteiger partial charge in [0.1, 0.15) is 0 Å². The average Bonchev–Trinajstić information content (AvgIpc) is 3.19. The Labute approximate surface area is 201 Å². The number of hydrogen-bond donors (Lipinski definition) is 0. The summed E-state index contributed by atoms with van der Waals surface area (Å²) in [7, 11) is -3.46. The van der Waals surface area contributed by atoms with Crippen LogP contribution in [0.3, 0.4) is 0 Å². The number of sulfone groups is 1. The molecule has 2 aromatic carbocycles. The Morgan fingerprint density at radius 3 is 2.48 bits per heavy atom. The maximum Gasteiger partial charge on any atom is 0.185 e. The highest BCUT2D eigenvalue weighted by Gasteiger charge is 2.33. The van der Waals surface area contributed by atoms with Crippen molar-refractivity contribution < 1.29 is 8.42 Å². The summed E-state index contributed by atoms with van der Waals surface area (Å²) in [6.07, 6.45) is 1.96. The second-order valence-corrected chi connectivity index (χ2v) is 12.3. The van der Waals surface area contributed by atoms with E-state index in [1.165, 1.54) is 16.7 Å². The molecular weight excluding hydrogens is 516 g/mol. The summed E-state index contributed by atoms with van der Waals surface area (Å²) in [5.74, 6) is 0. The minimum atomic E-state index is -3.46. The molecule has 0 radical (unpaired) electrons. The molecule has 0 bridgehead atoms. The van der Waals surface area contributed by atoms with Gasteiger partial charge in [-0.2, -0.15) is 0 Å². The smallest absolute Gasteiger partial charge is 0.185 e. The molecule has 1 fully saturated rings. The molecule has 8 heteroatoms. The lowest BCUT2D eigenvalue weighted by atomic mass is 9.99. The Kier molecular flexibility index (Phi) is 6.77. The Hall–Kier alpha value is -1.41. The first-order valence-electron chi connectivity index (χ1n) is 10.2. The van der Waals surface area contributed by atoms with Crippen LogP contribution in [0.1, 0.15) is 35.2 Å². The predicted octanol–water partition coefficient (Wildman–Crippen LogP) is 6.21. The zero-order valence-electron chi connectivity index (χ0n) is 17.4. The van der Waals surface area contributed by atoms with E-state index in [9.17, 15) is 8.42 Å². The van der Waals surface area contributed by atoms with Crippen molar-refractivity contribution in [3.63, 3.8) is 0 Å². The van der Waals surface area contributed by atoms with Gasteiger partial charge in [-0.25, -0.2) is 13.4 Å². The lowest BCUT2D eigenvalue weighted by Crippen LogP contribution is -2.39. The van der Waals surface area contributed by atoms with Crippen molar-refractivity contribution in [2.75, 3.05) is 18.0 Å². The second-order valence-electron chi connectivity index (χ2n) is 7.97. The van der Waals surface area contributed by atoms with E-state index < -0.39 is 15.1 Å². The summed E-state index contributed by atoms with van der Waals surface area (Å²) in [4.78, 5) is 7.27. The van der Waals surface area contributed by atoms with Crippen molar-refractivity contribution in [2.45, 2.75) is 43.3 Å². The zero-order chi connectivity index (χ0) is 22.2. The molecule has 1 aromatic heterocycles. The highest BCUT2D eigenvalue weighted by atomic mass is 79.9. The molecular formula is C23H24BrClN2O2S2. The highest BCUT2D eigenvalue weighted by molar-refractivity contribution is 9.10. The van der Waals surface area contributed by atoms with Crippen LogP contribution in [0.5, 0.6) is 0 Å². The number of halogens is 2. The van der Waals surface area contributed by atoms with Gasteiger partial charge in [0.15, 0.2) is 15.0 Å². The molecule has 0 amide bonds. The number of benzene rings is 2. The van der Waals surface area contributed by atoms with Gasteiger partial charge in [0.2, 0.25) is 0 Å². The minimum absolute atomic E-state index is 0.223. The van der Waals surface area contributed by atoms with Crippen LogP contribution in [-0.4, -0.2) is 31.7 Å². The molecule has 4 nitrogen and oxygen atoms in total. The van der Waals surface area contributed by atoms with Crippen LogP contribution in [0.2, 0.25) is 5.02 Å². The molecule has 1 aliphatic rings. The van der Waals surface area contributed by atoms with Gasteiger partial charge < -0.3 is 4.90 Å². The molecule has 0 aliphatic carbocycles. The summed E-state index contributed by atoms with van der Waals surface area (Å²) in [5, 5.41) is 2.94. The number of aryl methyl sites for hydroxylation is 2. The largest absolute Gasteiger partial charge is 0.348 e. The molecule has 2 heterocycles. The van der Waals surface area contributed by atoms with E-state index in [-0.39, 0.29) is 9.92 Å². The summed E-state index contributed by atoms with van der Waals surface area (Å²) in [6.45, 7) is 5.62. The lowest BCUT2D eigenvalue weighted by Gasteiger charge is -2.31. The van der Waals surface area contributed by atoms with Crippen LogP contribution in [0.4, 0.5) is 5.13 Å². The van der Waals surface area contributed by atoms with Gasteiger partial charge in [-0.15, -0.1) is 11.3 Å². The predicted molar refractivity (Wildman–Crippen MR) is 132 cm³/mol. The van der Waals surface area contributed by atoms with Crippen molar-refractivity contribution in [1.82, 2.24) is 4.98 Å². The van der Waals surface area contributed by atoms with Gasteiger partial charge in [-0.1, -0.05) is 45.7 Å². The van der Waals surface area contributed by atoms with Crippen molar-refractivity contribution in [3.8, 4) is 0 Å². The van der Waals surface area contributed by atoms with E-state index in [1.54, 1.807) is 29.5 Å². The van der Waals surface area contributed by atoms with E-state index in [1.807, 2.05) is 0 Å². The molecule has 164 valence electrons. The van der Waals surface area contributed by atoms with Gasteiger partial charge in [0.05, 0.1) is 20.9 Å². The first-order chi connectivity index (χ1) is 14.8. The van der Waals surface area contributed by atoms with E-state index in [4.69, 9.17) is 16.6 Å². The standard InChI is InChI=1S/C23H24BrClN2O2S2/c1-15-4-3-5-16(2)20(15)13-18-14-30-23(26-18)27-10-8-19(9-11-27)31(28,29)22-7-6-17(24)12-21(22)25/h3-7,12,14,19H,8-11,13H2,1-2H3. The molecule has 1 saturated heterocycles. The number of nitrogens with zero attached hydrogens (tertiary/aromatic N) is 2. The fourth-order valence-electron chi connectivity index (χ4n) is 4.07. The Bertz CT molecular complexity index is 1180. The molecule has 1 aliphatic heterocycles. The van der Waals surface area contributed by atoms with Crippen LogP contribution in [0.15, 0.2) is 51.1 Å². The molecule has 3 aromatic rings. The Balaban J connectivity index is 1.44. The van der Waals surface area contributed by atoms with Crippen molar-refractivity contribution in [2.24, 2.45) is 0 Å². The maximum absolute atomic E-state index is 13.1. The van der Waals surface area contributed by atoms with E-state index in [0.29, 0.717) is 25.9 Å². The summed E-state index contributed by atoms with van der Waals surface area (Å²) in [6, 6.07) is 11.3. The molecule has 4 rings (SSSR count). The van der Waals surface area contributed by atoms with Gasteiger partial charge in [-0.05, 0) is 61.6 Å². The van der Waals surface area contributed by atoms with Gasteiger partial charge in [-0.3, -0.25) is 0 Å². The van der Waals surface area contributed by atoms with Gasteiger partial charge >= 0.3 is 0 Å². The third kappa shape index (κ3) is 4.85. The van der Waals surface area contributed by atoms with Crippen LogP contribution < -0.4 is 4.90 Å². The van der Waals surface area contributed by atoms with Crippen LogP contribution in [-0.2, 0) is 16.3 Å². The molecule has 0 spiro atoms. The molecule has 0 saturated carbocycles. The fourth-order valence-corrected chi connectivity index (χ4v) is 7.73. The third-order valence-corrected chi connectivity index (χ3v) is 10.1. The molecule has 0 unspecified atom stereocenters.